The molecule has 0 unspecified atom stereocenters. The molecule has 1 saturated heterocycles. The van der Waals surface area contributed by atoms with E-state index in [4.69, 9.17) is 16.3 Å². The summed E-state index contributed by atoms with van der Waals surface area (Å²) in [5.41, 5.74) is 0.955. The van der Waals surface area contributed by atoms with Gasteiger partial charge in [0.2, 0.25) is 0 Å². The Morgan fingerprint density at radius 3 is 2.74 bits per heavy atom. The lowest BCUT2D eigenvalue weighted by Gasteiger charge is -2.42. The van der Waals surface area contributed by atoms with Gasteiger partial charge < -0.3 is 15.2 Å². The van der Waals surface area contributed by atoms with Gasteiger partial charge in [-0.1, -0.05) is 30.9 Å². The SMILES string of the molecule is COc1ccc2ncc(Cl)c([C@H](F)CCC3([C@@H](O)CCCSC4CCCCC4)CCNCC3)c2c1. The number of halogens is 2. The van der Waals surface area contributed by atoms with Crippen LogP contribution in [0.5, 0.6) is 5.75 Å². The molecule has 4 nitrogen and oxygen atoms in total. The highest BCUT2D eigenvalue weighted by molar-refractivity contribution is 7.99. The average Bonchev–Trinajstić information content (AvgIpc) is 2.90. The number of aliphatic hydroxyl groups excluding tert-OH is 1. The summed E-state index contributed by atoms with van der Waals surface area (Å²) >= 11 is 8.55. The van der Waals surface area contributed by atoms with Crippen LogP contribution >= 0.6 is 23.4 Å². The van der Waals surface area contributed by atoms with Crippen molar-refractivity contribution >= 4 is 34.3 Å². The summed E-state index contributed by atoms with van der Waals surface area (Å²) in [5.74, 6) is 1.77. The molecule has 1 saturated carbocycles. The first kappa shape index (κ1) is 27.0. The van der Waals surface area contributed by atoms with Crippen LogP contribution in [0.25, 0.3) is 10.9 Å². The number of benzene rings is 1. The van der Waals surface area contributed by atoms with Gasteiger partial charge in [0, 0.05) is 22.4 Å². The smallest absolute Gasteiger partial charge is 0.127 e. The van der Waals surface area contributed by atoms with Crippen LogP contribution in [0.4, 0.5) is 4.39 Å². The van der Waals surface area contributed by atoms with E-state index in [9.17, 15) is 5.11 Å². The third kappa shape index (κ3) is 6.82. The third-order valence-electron chi connectivity index (χ3n) is 8.11. The Bertz CT molecular complexity index is 950. The highest BCUT2D eigenvalue weighted by atomic mass is 35.5. The maximum atomic E-state index is 15.8. The minimum absolute atomic E-state index is 0.238. The number of aromatic nitrogens is 1. The van der Waals surface area contributed by atoms with Crippen molar-refractivity contribution in [2.24, 2.45) is 5.41 Å². The number of ether oxygens (including phenoxy) is 1. The normalized spacial score (nSPS) is 20.6. The van der Waals surface area contributed by atoms with Crippen LogP contribution < -0.4 is 10.1 Å². The number of hydrogen-bond acceptors (Lipinski definition) is 5. The zero-order chi connectivity index (χ0) is 24.7. The van der Waals surface area contributed by atoms with E-state index < -0.39 is 12.3 Å². The van der Waals surface area contributed by atoms with Gasteiger partial charge in [0.05, 0.1) is 23.8 Å². The molecule has 0 bridgehead atoms. The summed E-state index contributed by atoms with van der Waals surface area (Å²) in [6, 6.07) is 5.48. The highest BCUT2D eigenvalue weighted by Gasteiger charge is 2.39. The van der Waals surface area contributed by atoms with E-state index in [1.807, 2.05) is 18.2 Å². The number of hydrogen-bond donors (Lipinski definition) is 2. The standard InChI is InChI=1S/C28H40ClFN2O2S/c1-34-20-9-10-25-22(18-20)27(23(29)19-32-25)24(30)11-12-28(13-15-31-16-14-28)26(33)8-5-17-35-21-6-3-2-4-7-21/h9-10,18-19,21,24,26,31,33H,2-8,11-17H2,1H3/t24-,26+/m1/s1. The molecule has 2 aromatic rings. The predicted octanol–water partition coefficient (Wildman–Crippen LogP) is 7.26. The molecule has 35 heavy (non-hydrogen) atoms. The molecule has 1 aliphatic carbocycles. The molecule has 2 atom stereocenters. The molecular formula is C28H40ClFN2O2S. The van der Waals surface area contributed by atoms with Crippen molar-refractivity contribution in [1.82, 2.24) is 10.3 Å². The number of nitrogens with one attached hydrogen (secondary N) is 1. The number of nitrogens with zero attached hydrogens (tertiary/aromatic N) is 1. The van der Waals surface area contributed by atoms with E-state index in [0.29, 0.717) is 40.1 Å². The van der Waals surface area contributed by atoms with Crippen molar-refractivity contribution in [3.8, 4) is 5.75 Å². The van der Waals surface area contributed by atoms with Gasteiger partial charge in [-0.25, -0.2) is 4.39 Å². The molecule has 1 aliphatic heterocycles. The largest absolute Gasteiger partial charge is 0.497 e. The molecule has 2 heterocycles. The maximum Gasteiger partial charge on any atom is 0.127 e. The first-order valence-corrected chi connectivity index (χ1v) is 14.7. The number of methoxy groups -OCH3 is 1. The third-order valence-corrected chi connectivity index (χ3v) is 9.88. The van der Waals surface area contributed by atoms with Crippen molar-refractivity contribution in [3.05, 3.63) is 35.0 Å². The van der Waals surface area contributed by atoms with Gasteiger partial charge in [-0.15, -0.1) is 0 Å². The molecule has 1 aromatic carbocycles. The van der Waals surface area contributed by atoms with E-state index >= 15 is 4.39 Å². The van der Waals surface area contributed by atoms with Crippen molar-refractivity contribution in [3.63, 3.8) is 0 Å². The fraction of sp³-hybridized carbons (Fsp3) is 0.679. The fourth-order valence-electron chi connectivity index (χ4n) is 5.91. The van der Waals surface area contributed by atoms with E-state index in [2.05, 4.69) is 22.1 Å². The predicted molar refractivity (Wildman–Crippen MR) is 145 cm³/mol. The summed E-state index contributed by atoms with van der Waals surface area (Å²) in [6.45, 7) is 1.75. The molecule has 2 aliphatic rings. The highest BCUT2D eigenvalue weighted by Crippen LogP contribution is 2.44. The van der Waals surface area contributed by atoms with Crippen molar-refractivity contribution in [2.45, 2.75) is 88.2 Å². The van der Waals surface area contributed by atoms with Gasteiger partial charge >= 0.3 is 0 Å². The summed E-state index contributed by atoms with van der Waals surface area (Å²) in [6.07, 6.45) is 11.3. The molecule has 1 aromatic heterocycles. The molecule has 4 rings (SSSR count). The molecule has 2 N–H and O–H groups in total. The van der Waals surface area contributed by atoms with Gasteiger partial charge in [-0.3, -0.25) is 4.98 Å². The lowest BCUT2D eigenvalue weighted by Crippen LogP contribution is -2.44. The minimum atomic E-state index is -1.22. The number of pyridine rings is 1. The average molecular weight is 523 g/mol. The Morgan fingerprint density at radius 2 is 2.00 bits per heavy atom. The van der Waals surface area contributed by atoms with Crippen LogP contribution in [0.2, 0.25) is 5.02 Å². The maximum absolute atomic E-state index is 15.8. The Kier molecular flexibility index (Phi) is 9.97. The van der Waals surface area contributed by atoms with Crippen LogP contribution in [0.15, 0.2) is 24.4 Å². The van der Waals surface area contributed by atoms with Crippen molar-refractivity contribution < 1.29 is 14.2 Å². The fourth-order valence-corrected chi connectivity index (χ4v) is 7.51. The Balaban J connectivity index is 1.40. The first-order valence-electron chi connectivity index (χ1n) is 13.3. The summed E-state index contributed by atoms with van der Waals surface area (Å²) in [4.78, 5) is 4.36. The van der Waals surface area contributed by atoms with Crippen LogP contribution in [0.1, 0.15) is 82.4 Å². The van der Waals surface area contributed by atoms with Crippen LogP contribution in [-0.2, 0) is 0 Å². The number of thioether (sulfide) groups is 1. The second-order valence-corrected chi connectivity index (χ2v) is 12.1. The van der Waals surface area contributed by atoms with Gasteiger partial charge in [0.1, 0.15) is 11.9 Å². The van der Waals surface area contributed by atoms with Gasteiger partial charge in [0.25, 0.3) is 0 Å². The Hall–Kier alpha value is -1.08. The van der Waals surface area contributed by atoms with E-state index in [1.54, 1.807) is 7.11 Å². The first-order chi connectivity index (χ1) is 17.0. The number of piperidine rings is 1. The Labute approximate surface area is 218 Å². The van der Waals surface area contributed by atoms with Crippen molar-refractivity contribution in [2.75, 3.05) is 26.0 Å². The number of rotatable bonds is 11. The molecular weight excluding hydrogens is 483 g/mol. The van der Waals surface area contributed by atoms with Crippen LogP contribution in [-0.4, -0.2) is 47.4 Å². The lowest BCUT2D eigenvalue weighted by molar-refractivity contribution is -0.0162. The second-order valence-electron chi connectivity index (χ2n) is 10.3. The van der Waals surface area contributed by atoms with E-state index in [0.717, 1.165) is 49.8 Å². The van der Waals surface area contributed by atoms with Crippen LogP contribution in [0.3, 0.4) is 0 Å². The van der Waals surface area contributed by atoms with Crippen LogP contribution in [0, 0.1) is 5.41 Å². The molecule has 0 amide bonds. The number of fused-ring (bicyclic) bond motifs is 1. The molecule has 2 fully saturated rings. The summed E-state index contributed by atoms with van der Waals surface area (Å²) in [5, 5.41) is 16.6. The number of alkyl halides is 1. The second kappa shape index (κ2) is 12.9. The Morgan fingerprint density at radius 1 is 1.23 bits per heavy atom. The molecule has 7 heteroatoms. The number of aliphatic hydroxyl groups is 1. The zero-order valence-corrected chi connectivity index (χ0v) is 22.5. The molecule has 0 radical (unpaired) electrons. The molecule has 194 valence electrons. The van der Waals surface area contributed by atoms with E-state index in [-0.39, 0.29) is 5.41 Å². The van der Waals surface area contributed by atoms with E-state index in [1.165, 1.54) is 38.3 Å². The monoisotopic (exact) mass is 522 g/mol. The zero-order valence-electron chi connectivity index (χ0n) is 20.9. The summed E-state index contributed by atoms with van der Waals surface area (Å²) in [7, 11) is 1.60. The van der Waals surface area contributed by atoms with Crippen molar-refractivity contribution in [1.29, 1.82) is 0 Å². The van der Waals surface area contributed by atoms with Gasteiger partial charge in [-0.05, 0) is 93.8 Å². The lowest BCUT2D eigenvalue weighted by atomic mass is 9.69. The van der Waals surface area contributed by atoms with Gasteiger partial charge in [0.15, 0.2) is 0 Å². The molecule has 0 spiro atoms. The minimum Gasteiger partial charge on any atom is -0.497 e. The quantitative estimate of drug-likeness (QED) is 0.304. The summed E-state index contributed by atoms with van der Waals surface area (Å²) < 4.78 is 21.2. The van der Waals surface area contributed by atoms with Gasteiger partial charge in [-0.2, -0.15) is 11.8 Å². The topological polar surface area (TPSA) is 54.4 Å².